The average Bonchev–Trinajstić information content (AvgIpc) is 2.15. The molecule has 0 aromatic carbocycles. The molecule has 0 aliphatic rings. The molecule has 0 radical (unpaired) electrons. The number of hydrogen-bond acceptors (Lipinski definition) is 2. The van der Waals surface area contributed by atoms with Gasteiger partial charge in [-0.15, -0.1) is 0 Å². The van der Waals surface area contributed by atoms with Crippen LogP contribution in [-0.2, 0) is 9.53 Å². The number of carbonyl (C=O) groups is 1. The summed E-state index contributed by atoms with van der Waals surface area (Å²) in [7, 11) is -1.26. The number of carbonyl (C=O) groups excluding carboxylic acids is 1. The van der Waals surface area contributed by atoms with E-state index in [-0.39, 0.29) is 12.6 Å². The van der Waals surface area contributed by atoms with Crippen LogP contribution in [-0.4, -0.2) is 28.1 Å². The third-order valence-corrected chi connectivity index (χ3v) is 3.15. The standard InChI is InChI=1S/C9H16F2O2Si/c1-3-7(2)8(12)13-5-4-6-14-9(10)11/h3,9H,4-6,14H2,1-2H3. The maximum atomic E-state index is 11.7. The van der Waals surface area contributed by atoms with Crippen molar-refractivity contribution in [2.45, 2.75) is 32.4 Å². The highest BCUT2D eigenvalue weighted by molar-refractivity contribution is 6.36. The normalized spacial score (nSPS) is 12.8. The van der Waals surface area contributed by atoms with Crippen molar-refractivity contribution in [1.82, 2.24) is 0 Å². The van der Waals surface area contributed by atoms with Crippen molar-refractivity contribution in [2.24, 2.45) is 0 Å². The maximum absolute atomic E-state index is 11.7. The molecular weight excluding hydrogens is 206 g/mol. The molecule has 5 heteroatoms. The minimum absolute atomic E-state index is 0.254. The fraction of sp³-hybridized carbons (Fsp3) is 0.667. The molecule has 14 heavy (non-hydrogen) atoms. The van der Waals surface area contributed by atoms with Gasteiger partial charge >= 0.3 is 5.97 Å². The molecule has 0 rings (SSSR count). The van der Waals surface area contributed by atoms with Crippen LogP contribution in [0.3, 0.4) is 0 Å². The Balaban J connectivity index is 3.41. The fourth-order valence-electron chi connectivity index (χ4n) is 0.797. The molecule has 0 atom stereocenters. The Morgan fingerprint density at radius 2 is 2.21 bits per heavy atom. The Morgan fingerprint density at radius 3 is 2.71 bits per heavy atom. The molecule has 0 aliphatic carbocycles. The number of hydrogen-bond donors (Lipinski definition) is 0. The quantitative estimate of drug-likeness (QED) is 0.296. The van der Waals surface area contributed by atoms with Crippen LogP contribution in [0.2, 0.25) is 6.04 Å². The lowest BCUT2D eigenvalue weighted by molar-refractivity contribution is -0.138. The molecule has 2 nitrogen and oxygen atoms in total. The highest BCUT2D eigenvalue weighted by Gasteiger charge is 2.05. The van der Waals surface area contributed by atoms with E-state index < -0.39 is 15.6 Å². The number of esters is 1. The van der Waals surface area contributed by atoms with Crippen LogP contribution in [0.4, 0.5) is 8.78 Å². The molecule has 0 spiro atoms. The first kappa shape index (κ1) is 13.3. The SMILES string of the molecule is CC=C(C)C(=O)OCCC[SiH2]C(F)F. The van der Waals surface area contributed by atoms with Crippen molar-refractivity contribution in [3.63, 3.8) is 0 Å². The van der Waals surface area contributed by atoms with Crippen LogP contribution in [0.5, 0.6) is 0 Å². The second-order valence-corrected chi connectivity index (χ2v) is 4.90. The van der Waals surface area contributed by atoms with Gasteiger partial charge in [0.1, 0.15) is 9.52 Å². The minimum atomic E-state index is -2.12. The summed E-state index contributed by atoms with van der Waals surface area (Å²) in [6.07, 6.45) is 2.22. The molecule has 0 fully saturated rings. The number of rotatable bonds is 6. The van der Waals surface area contributed by atoms with Crippen molar-refractivity contribution in [3.8, 4) is 0 Å². The zero-order valence-corrected chi connectivity index (χ0v) is 9.97. The summed E-state index contributed by atoms with van der Waals surface area (Å²) >= 11 is 0. The first-order valence-corrected chi connectivity index (χ1v) is 6.47. The van der Waals surface area contributed by atoms with Crippen LogP contribution >= 0.6 is 0 Å². The summed E-state index contributed by atoms with van der Waals surface area (Å²) in [6, 6.07) is -1.59. The van der Waals surface area contributed by atoms with Crippen LogP contribution in [0.15, 0.2) is 11.6 Å². The van der Waals surface area contributed by atoms with Gasteiger partial charge in [0.25, 0.3) is 0 Å². The van der Waals surface area contributed by atoms with Gasteiger partial charge in [-0.1, -0.05) is 12.1 Å². The zero-order chi connectivity index (χ0) is 11.0. The minimum Gasteiger partial charge on any atom is -0.462 e. The van der Waals surface area contributed by atoms with E-state index in [1.165, 1.54) is 0 Å². The molecule has 0 heterocycles. The van der Waals surface area contributed by atoms with Crippen molar-refractivity contribution < 1.29 is 18.3 Å². The van der Waals surface area contributed by atoms with Crippen molar-refractivity contribution in [3.05, 3.63) is 11.6 Å². The van der Waals surface area contributed by atoms with E-state index in [1.807, 2.05) is 0 Å². The van der Waals surface area contributed by atoms with Crippen LogP contribution in [0.25, 0.3) is 0 Å². The maximum Gasteiger partial charge on any atom is 0.333 e. The predicted molar refractivity (Wildman–Crippen MR) is 54.4 cm³/mol. The summed E-state index contributed by atoms with van der Waals surface area (Å²) in [5.41, 5.74) is 0.552. The van der Waals surface area contributed by atoms with Gasteiger partial charge in [-0.3, -0.25) is 0 Å². The first-order valence-electron chi connectivity index (χ1n) is 4.66. The fourth-order valence-corrected chi connectivity index (χ4v) is 1.60. The molecule has 0 saturated carbocycles. The van der Waals surface area contributed by atoms with Gasteiger partial charge in [-0.2, -0.15) is 0 Å². The predicted octanol–water partition coefficient (Wildman–Crippen LogP) is 1.70. The van der Waals surface area contributed by atoms with Gasteiger partial charge in [0.05, 0.1) is 6.61 Å². The summed E-state index contributed by atoms with van der Waals surface area (Å²) in [6.45, 7) is 3.67. The van der Waals surface area contributed by atoms with E-state index in [0.29, 0.717) is 18.0 Å². The number of alkyl halides is 2. The van der Waals surface area contributed by atoms with Crippen molar-refractivity contribution >= 4 is 15.5 Å². The smallest absolute Gasteiger partial charge is 0.333 e. The Hall–Kier alpha value is -0.713. The van der Waals surface area contributed by atoms with E-state index in [9.17, 15) is 13.6 Å². The van der Waals surface area contributed by atoms with Gasteiger partial charge in [-0.05, 0) is 20.3 Å². The summed E-state index contributed by atoms with van der Waals surface area (Å²) in [5.74, 6) is -0.355. The Kier molecular flexibility index (Phi) is 7.28. The first-order chi connectivity index (χ1) is 6.57. The lowest BCUT2D eigenvalue weighted by Crippen LogP contribution is -2.09. The molecule has 0 amide bonds. The second-order valence-electron chi connectivity index (χ2n) is 2.99. The molecular formula is C9H16F2O2Si. The molecule has 0 unspecified atom stereocenters. The molecule has 0 bridgehead atoms. The van der Waals surface area contributed by atoms with Crippen molar-refractivity contribution in [2.75, 3.05) is 6.61 Å². The highest BCUT2D eigenvalue weighted by atomic mass is 28.2. The second kappa shape index (κ2) is 7.67. The van der Waals surface area contributed by atoms with Crippen LogP contribution < -0.4 is 0 Å². The molecule has 0 N–H and O–H groups in total. The number of allylic oxidation sites excluding steroid dienone is 1. The summed E-state index contributed by atoms with van der Waals surface area (Å²) < 4.78 is 28.3. The molecule has 0 aromatic rings. The van der Waals surface area contributed by atoms with E-state index in [0.717, 1.165) is 0 Å². The van der Waals surface area contributed by atoms with E-state index in [4.69, 9.17) is 4.74 Å². The van der Waals surface area contributed by atoms with Gasteiger partial charge in [0.2, 0.25) is 6.05 Å². The number of halogens is 2. The van der Waals surface area contributed by atoms with Crippen molar-refractivity contribution in [1.29, 1.82) is 0 Å². The average molecular weight is 222 g/mol. The van der Waals surface area contributed by atoms with Gasteiger partial charge in [0.15, 0.2) is 0 Å². The lowest BCUT2D eigenvalue weighted by atomic mass is 10.3. The van der Waals surface area contributed by atoms with Crippen LogP contribution in [0, 0.1) is 0 Å². The molecule has 82 valence electrons. The molecule has 0 aromatic heterocycles. The Bertz CT molecular complexity index is 205. The third kappa shape index (κ3) is 6.77. The third-order valence-electron chi connectivity index (χ3n) is 1.80. The lowest BCUT2D eigenvalue weighted by Gasteiger charge is -2.03. The molecule has 0 aliphatic heterocycles. The molecule has 0 saturated heterocycles. The number of ether oxygens (including phenoxy) is 1. The largest absolute Gasteiger partial charge is 0.462 e. The topological polar surface area (TPSA) is 26.3 Å². The van der Waals surface area contributed by atoms with E-state index >= 15 is 0 Å². The zero-order valence-electron chi connectivity index (χ0n) is 8.56. The Morgan fingerprint density at radius 1 is 1.57 bits per heavy atom. The Labute approximate surface area is 85.1 Å². The van der Waals surface area contributed by atoms with Gasteiger partial charge in [0, 0.05) is 5.57 Å². The van der Waals surface area contributed by atoms with E-state index in [2.05, 4.69) is 0 Å². The van der Waals surface area contributed by atoms with Crippen LogP contribution in [0.1, 0.15) is 20.3 Å². The highest BCUT2D eigenvalue weighted by Crippen LogP contribution is 2.00. The van der Waals surface area contributed by atoms with E-state index in [1.54, 1.807) is 19.9 Å². The summed E-state index contributed by atoms with van der Waals surface area (Å²) in [4.78, 5) is 11.0. The van der Waals surface area contributed by atoms with Gasteiger partial charge in [-0.25, -0.2) is 13.6 Å². The summed E-state index contributed by atoms with van der Waals surface area (Å²) in [5, 5.41) is 0. The monoisotopic (exact) mass is 222 g/mol. The van der Waals surface area contributed by atoms with Gasteiger partial charge < -0.3 is 4.74 Å².